The summed E-state index contributed by atoms with van der Waals surface area (Å²) in [6.07, 6.45) is 4.73. The first-order chi connectivity index (χ1) is 15.8. The van der Waals surface area contributed by atoms with Crippen LogP contribution in [0.1, 0.15) is 47.1 Å². The first-order valence-electron chi connectivity index (χ1n) is 11.2. The minimum Gasteiger partial charge on any atom is -0.390 e. The van der Waals surface area contributed by atoms with E-state index in [-0.39, 0.29) is 18.1 Å². The Morgan fingerprint density at radius 1 is 1.18 bits per heavy atom. The highest BCUT2D eigenvalue weighted by Crippen LogP contribution is 2.50. The highest BCUT2D eigenvalue weighted by molar-refractivity contribution is 6.43. The van der Waals surface area contributed by atoms with Gasteiger partial charge in [0.15, 0.2) is 5.82 Å². The highest BCUT2D eigenvalue weighted by Gasteiger charge is 2.47. The number of benzene rings is 1. The summed E-state index contributed by atoms with van der Waals surface area (Å²) in [4.78, 5) is 16.5. The molecule has 5 rings (SSSR count). The van der Waals surface area contributed by atoms with Crippen molar-refractivity contribution in [1.82, 2.24) is 15.0 Å². The average Bonchev–Trinajstić information content (AvgIpc) is 3.07. The van der Waals surface area contributed by atoms with E-state index in [4.69, 9.17) is 38.9 Å². The fourth-order valence-electron chi connectivity index (χ4n) is 5.31. The summed E-state index contributed by atoms with van der Waals surface area (Å²) in [5.41, 5.74) is 12.9. The predicted molar refractivity (Wildman–Crippen MR) is 132 cm³/mol. The number of rotatable bonds is 3. The molecule has 1 fully saturated rings. The number of anilines is 1. The van der Waals surface area contributed by atoms with Crippen LogP contribution in [0.5, 0.6) is 0 Å². The minimum absolute atomic E-state index is 0.000436. The van der Waals surface area contributed by atoms with Crippen LogP contribution in [0, 0.1) is 19.3 Å². The fraction of sp³-hybridized carbons (Fsp3) is 0.400. The maximum absolute atomic E-state index is 10.1. The van der Waals surface area contributed by atoms with E-state index < -0.39 is 0 Å². The van der Waals surface area contributed by atoms with E-state index >= 15 is 0 Å². The topological polar surface area (TPSA) is 88.2 Å². The van der Waals surface area contributed by atoms with Crippen molar-refractivity contribution in [3.8, 4) is 11.3 Å². The van der Waals surface area contributed by atoms with Crippen LogP contribution in [0.3, 0.4) is 0 Å². The molecule has 3 N–H and O–H groups in total. The lowest BCUT2D eigenvalue weighted by atomic mass is 9.73. The molecular weight excluding hydrogens is 457 g/mol. The molecule has 172 valence electrons. The van der Waals surface area contributed by atoms with Crippen LogP contribution >= 0.6 is 23.2 Å². The van der Waals surface area contributed by atoms with E-state index in [0.717, 1.165) is 55.1 Å². The lowest BCUT2D eigenvalue weighted by molar-refractivity contribution is 0.186. The number of nitrogens with zero attached hydrogens (tertiary/aromatic N) is 4. The van der Waals surface area contributed by atoms with Gasteiger partial charge in [0.25, 0.3) is 0 Å². The van der Waals surface area contributed by atoms with Crippen molar-refractivity contribution >= 4 is 29.0 Å². The molecule has 1 atom stereocenters. The second kappa shape index (κ2) is 8.51. The zero-order chi connectivity index (χ0) is 23.3. The van der Waals surface area contributed by atoms with Gasteiger partial charge in [-0.05, 0) is 55.7 Å². The second-order valence-electron chi connectivity index (χ2n) is 9.24. The van der Waals surface area contributed by atoms with Gasteiger partial charge >= 0.3 is 0 Å². The van der Waals surface area contributed by atoms with Crippen molar-refractivity contribution in [1.29, 1.82) is 0 Å². The minimum atomic E-state index is -0.205. The Kier molecular flexibility index (Phi) is 5.81. The van der Waals surface area contributed by atoms with Gasteiger partial charge < -0.3 is 15.7 Å². The number of nitrogens with two attached hydrogens (primary N) is 1. The van der Waals surface area contributed by atoms with Crippen LogP contribution in [0.15, 0.2) is 30.5 Å². The fourth-order valence-corrected chi connectivity index (χ4v) is 5.70. The molecular formula is C25H27Cl2N5O. The summed E-state index contributed by atoms with van der Waals surface area (Å²) in [5, 5.41) is 11.0. The van der Waals surface area contributed by atoms with Gasteiger partial charge in [-0.15, -0.1) is 0 Å². The van der Waals surface area contributed by atoms with Crippen LogP contribution in [0.4, 0.5) is 5.82 Å². The van der Waals surface area contributed by atoms with Crippen molar-refractivity contribution in [3.05, 3.63) is 68.7 Å². The van der Waals surface area contributed by atoms with Gasteiger partial charge in [-0.2, -0.15) is 0 Å². The van der Waals surface area contributed by atoms with Gasteiger partial charge in [-0.3, -0.25) is 4.98 Å². The lowest BCUT2D eigenvalue weighted by Gasteiger charge is -2.42. The number of hydrogen-bond donors (Lipinski definition) is 2. The zero-order valence-corrected chi connectivity index (χ0v) is 20.3. The predicted octanol–water partition coefficient (Wildman–Crippen LogP) is 4.80. The number of halogens is 2. The Bertz CT molecular complexity index is 1220. The average molecular weight is 484 g/mol. The summed E-state index contributed by atoms with van der Waals surface area (Å²) in [7, 11) is 0. The molecule has 2 aromatic heterocycles. The van der Waals surface area contributed by atoms with Crippen molar-refractivity contribution < 1.29 is 5.11 Å². The molecule has 0 radical (unpaired) electrons. The molecule has 1 aliphatic heterocycles. The van der Waals surface area contributed by atoms with E-state index in [9.17, 15) is 5.11 Å². The van der Waals surface area contributed by atoms with E-state index in [1.807, 2.05) is 25.3 Å². The monoisotopic (exact) mass is 483 g/mol. The number of aliphatic hydroxyl groups excluding tert-OH is 1. The first kappa shape index (κ1) is 22.5. The largest absolute Gasteiger partial charge is 0.390 e. The molecule has 0 saturated carbocycles. The third kappa shape index (κ3) is 3.79. The Morgan fingerprint density at radius 2 is 1.94 bits per heavy atom. The standard InChI is InChI=1S/C25H27Cl2N5O/c1-14-10-17-19(29-12-14)11-25(23(17)28)6-8-32(9-7-25)24-20(13-33)31-22(15(2)30-24)16-4-3-5-18(26)21(16)27/h3-5,10,12,23,33H,6-9,11,13,28H2,1-2H3/t23-/m1/s1. The van der Waals surface area contributed by atoms with Gasteiger partial charge in [0.1, 0.15) is 5.69 Å². The number of fused-ring (bicyclic) bond motifs is 1. The van der Waals surface area contributed by atoms with Gasteiger partial charge in [0.2, 0.25) is 0 Å². The molecule has 3 heterocycles. The van der Waals surface area contributed by atoms with Gasteiger partial charge in [-0.1, -0.05) is 41.4 Å². The van der Waals surface area contributed by atoms with E-state index in [0.29, 0.717) is 27.0 Å². The molecule has 33 heavy (non-hydrogen) atoms. The van der Waals surface area contributed by atoms with Gasteiger partial charge in [-0.25, -0.2) is 9.97 Å². The molecule has 2 aliphatic rings. The molecule has 0 amide bonds. The van der Waals surface area contributed by atoms with E-state index in [2.05, 4.69) is 22.9 Å². The van der Waals surface area contributed by atoms with Crippen molar-refractivity contribution in [2.45, 2.75) is 45.8 Å². The number of pyridine rings is 1. The van der Waals surface area contributed by atoms with Crippen LogP contribution in [-0.2, 0) is 13.0 Å². The Hall–Kier alpha value is -2.25. The molecule has 1 aliphatic carbocycles. The van der Waals surface area contributed by atoms with E-state index in [1.54, 1.807) is 6.07 Å². The molecule has 1 spiro atoms. The summed E-state index contributed by atoms with van der Waals surface area (Å²) in [6.45, 7) is 5.38. The van der Waals surface area contributed by atoms with Crippen LogP contribution < -0.4 is 10.6 Å². The first-order valence-corrected chi connectivity index (χ1v) is 12.0. The normalized spacial score (nSPS) is 19.2. The molecule has 0 unspecified atom stereocenters. The molecule has 0 bridgehead atoms. The Morgan fingerprint density at radius 3 is 2.67 bits per heavy atom. The molecule has 6 nitrogen and oxygen atoms in total. The number of piperidine rings is 1. The van der Waals surface area contributed by atoms with Crippen LogP contribution in [0.25, 0.3) is 11.3 Å². The van der Waals surface area contributed by atoms with Gasteiger partial charge in [0.05, 0.1) is 28.0 Å². The third-order valence-corrected chi connectivity index (χ3v) is 8.01. The summed E-state index contributed by atoms with van der Waals surface area (Å²) in [5.74, 6) is 0.727. The Labute approximate surface area is 203 Å². The van der Waals surface area contributed by atoms with Crippen molar-refractivity contribution in [2.75, 3.05) is 18.0 Å². The SMILES string of the molecule is Cc1cnc2c(c1)[C@@H](N)C1(CCN(c3nc(C)c(-c4cccc(Cl)c4Cl)nc3CO)CC1)C2. The van der Waals surface area contributed by atoms with Crippen molar-refractivity contribution in [3.63, 3.8) is 0 Å². The molecule has 8 heteroatoms. The second-order valence-corrected chi connectivity index (χ2v) is 10.0. The van der Waals surface area contributed by atoms with Crippen LogP contribution in [-0.4, -0.2) is 33.1 Å². The maximum Gasteiger partial charge on any atom is 0.153 e. The van der Waals surface area contributed by atoms with E-state index in [1.165, 1.54) is 5.56 Å². The Balaban J connectivity index is 1.41. The lowest BCUT2D eigenvalue weighted by Crippen LogP contribution is -2.45. The molecule has 3 aromatic rings. The van der Waals surface area contributed by atoms with Crippen molar-refractivity contribution in [2.24, 2.45) is 11.1 Å². The number of aromatic nitrogens is 3. The zero-order valence-electron chi connectivity index (χ0n) is 18.8. The van der Waals surface area contributed by atoms with Gasteiger partial charge in [0, 0.05) is 36.6 Å². The summed E-state index contributed by atoms with van der Waals surface area (Å²) < 4.78 is 0. The number of hydrogen-bond acceptors (Lipinski definition) is 6. The quantitative estimate of drug-likeness (QED) is 0.556. The molecule has 1 saturated heterocycles. The summed E-state index contributed by atoms with van der Waals surface area (Å²) >= 11 is 12.6. The molecule has 1 aromatic carbocycles. The smallest absolute Gasteiger partial charge is 0.153 e. The highest BCUT2D eigenvalue weighted by atomic mass is 35.5. The number of aryl methyl sites for hydroxylation is 2. The van der Waals surface area contributed by atoms with Crippen LogP contribution in [0.2, 0.25) is 10.0 Å². The maximum atomic E-state index is 10.1. The third-order valence-electron chi connectivity index (χ3n) is 7.19. The summed E-state index contributed by atoms with van der Waals surface area (Å²) in [6, 6.07) is 7.63. The number of aliphatic hydroxyl groups is 1.